The molecule has 0 radical (unpaired) electrons. The molecule has 0 saturated heterocycles. The van der Waals surface area contributed by atoms with Gasteiger partial charge in [-0.2, -0.15) is 0 Å². The average Bonchev–Trinajstić information content (AvgIpc) is 2.44. The molecule has 1 amide bonds. The first-order valence-electron chi connectivity index (χ1n) is 7.70. The van der Waals surface area contributed by atoms with Crippen LogP contribution in [0.15, 0.2) is 36.4 Å². The predicted octanol–water partition coefficient (Wildman–Crippen LogP) is 5.10. The Morgan fingerprint density at radius 2 is 1.75 bits per heavy atom. The SMILES string of the molecule is C=C(C)C(=O)Nc1ccccc1CCCCCCCC. The van der Waals surface area contributed by atoms with Crippen molar-refractivity contribution in [1.82, 2.24) is 0 Å². The van der Waals surface area contributed by atoms with Gasteiger partial charge in [0.05, 0.1) is 0 Å². The van der Waals surface area contributed by atoms with Gasteiger partial charge in [-0.1, -0.05) is 63.8 Å². The van der Waals surface area contributed by atoms with Crippen molar-refractivity contribution < 1.29 is 4.79 Å². The summed E-state index contributed by atoms with van der Waals surface area (Å²) in [5.41, 5.74) is 2.69. The normalized spacial score (nSPS) is 10.3. The summed E-state index contributed by atoms with van der Waals surface area (Å²) in [6.07, 6.45) is 8.75. The van der Waals surface area contributed by atoms with Crippen molar-refractivity contribution in [3.05, 3.63) is 42.0 Å². The number of amides is 1. The monoisotopic (exact) mass is 273 g/mol. The third kappa shape index (κ3) is 6.05. The molecule has 1 rings (SSSR count). The fraction of sp³-hybridized carbons (Fsp3) is 0.500. The molecule has 0 unspecified atom stereocenters. The summed E-state index contributed by atoms with van der Waals surface area (Å²) < 4.78 is 0. The highest BCUT2D eigenvalue weighted by atomic mass is 16.1. The summed E-state index contributed by atoms with van der Waals surface area (Å²) in [6.45, 7) is 7.64. The van der Waals surface area contributed by atoms with Crippen LogP contribution in [0, 0.1) is 0 Å². The zero-order chi connectivity index (χ0) is 14.8. The molecule has 2 nitrogen and oxygen atoms in total. The van der Waals surface area contributed by atoms with E-state index in [9.17, 15) is 4.79 Å². The zero-order valence-electron chi connectivity index (χ0n) is 12.9. The summed E-state index contributed by atoms with van der Waals surface area (Å²) in [5, 5.41) is 2.93. The molecular weight excluding hydrogens is 246 g/mol. The number of carbonyl (C=O) groups is 1. The molecule has 0 aliphatic rings. The quantitative estimate of drug-likeness (QED) is 0.492. The second-order valence-electron chi connectivity index (χ2n) is 5.41. The molecule has 20 heavy (non-hydrogen) atoms. The van der Waals surface area contributed by atoms with E-state index in [0.717, 1.165) is 12.1 Å². The third-order valence-electron chi connectivity index (χ3n) is 3.45. The number of unbranched alkanes of at least 4 members (excludes halogenated alkanes) is 5. The van der Waals surface area contributed by atoms with E-state index in [1.165, 1.54) is 44.1 Å². The zero-order valence-corrected chi connectivity index (χ0v) is 12.9. The minimum Gasteiger partial charge on any atom is -0.322 e. The van der Waals surface area contributed by atoms with Crippen LogP contribution in [0.5, 0.6) is 0 Å². The summed E-state index contributed by atoms with van der Waals surface area (Å²) in [5.74, 6) is -0.0969. The van der Waals surface area contributed by atoms with Crippen molar-refractivity contribution in [1.29, 1.82) is 0 Å². The summed E-state index contributed by atoms with van der Waals surface area (Å²) in [4.78, 5) is 11.7. The molecule has 1 N–H and O–H groups in total. The fourth-order valence-corrected chi connectivity index (χ4v) is 2.19. The number of hydrogen-bond donors (Lipinski definition) is 1. The van der Waals surface area contributed by atoms with E-state index >= 15 is 0 Å². The van der Waals surface area contributed by atoms with Gasteiger partial charge in [0.25, 0.3) is 5.91 Å². The number of carbonyl (C=O) groups excluding carboxylic acids is 1. The van der Waals surface area contributed by atoms with Gasteiger partial charge in [0.15, 0.2) is 0 Å². The van der Waals surface area contributed by atoms with Gasteiger partial charge in [0.1, 0.15) is 0 Å². The summed E-state index contributed by atoms with van der Waals surface area (Å²) >= 11 is 0. The number of rotatable bonds is 9. The lowest BCUT2D eigenvalue weighted by atomic mass is 10.0. The van der Waals surface area contributed by atoms with Gasteiger partial charge >= 0.3 is 0 Å². The lowest BCUT2D eigenvalue weighted by Gasteiger charge is -2.11. The largest absolute Gasteiger partial charge is 0.322 e. The average molecular weight is 273 g/mol. The second-order valence-corrected chi connectivity index (χ2v) is 5.41. The topological polar surface area (TPSA) is 29.1 Å². The molecule has 0 heterocycles. The smallest absolute Gasteiger partial charge is 0.250 e. The van der Waals surface area contributed by atoms with E-state index in [0.29, 0.717) is 5.57 Å². The number of nitrogens with one attached hydrogen (secondary N) is 1. The highest BCUT2D eigenvalue weighted by Crippen LogP contribution is 2.19. The van der Waals surface area contributed by atoms with Crippen LogP contribution >= 0.6 is 0 Å². The van der Waals surface area contributed by atoms with Crippen molar-refractivity contribution >= 4 is 11.6 Å². The molecule has 0 fully saturated rings. The van der Waals surface area contributed by atoms with Crippen molar-refractivity contribution in [2.75, 3.05) is 5.32 Å². The molecule has 0 spiro atoms. The molecule has 1 aromatic rings. The Balaban J connectivity index is 2.45. The minimum atomic E-state index is -0.0969. The lowest BCUT2D eigenvalue weighted by Crippen LogP contribution is -2.13. The van der Waals surface area contributed by atoms with Gasteiger partial charge < -0.3 is 5.32 Å². The van der Waals surface area contributed by atoms with Crippen LogP contribution in [-0.2, 0) is 11.2 Å². The Kier molecular flexibility index (Phi) is 7.71. The van der Waals surface area contributed by atoms with E-state index in [-0.39, 0.29) is 5.91 Å². The van der Waals surface area contributed by atoms with Gasteiger partial charge in [-0.05, 0) is 31.4 Å². The van der Waals surface area contributed by atoms with Crippen LogP contribution in [0.4, 0.5) is 5.69 Å². The first-order valence-corrected chi connectivity index (χ1v) is 7.70. The predicted molar refractivity (Wildman–Crippen MR) is 87.0 cm³/mol. The third-order valence-corrected chi connectivity index (χ3v) is 3.45. The maximum absolute atomic E-state index is 11.7. The maximum Gasteiger partial charge on any atom is 0.250 e. The number of benzene rings is 1. The van der Waals surface area contributed by atoms with Crippen molar-refractivity contribution in [2.45, 2.75) is 58.8 Å². The van der Waals surface area contributed by atoms with Crippen LogP contribution in [-0.4, -0.2) is 5.91 Å². The highest BCUT2D eigenvalue weighted by molar-refractivity contribution is 6.03. The van der Waals surface area contributed by atoms with Gasteiger partial charge in [0, 0.05) is 11.3 Å². The Bertz CT molecular complexity index is 437. The number of hydrogen-bond acceptors (Lipinski definition) is 1. The minimum absolute atomic E-state index is 0.0969. The molecule has 1 aromatic carbocycles. The number of aryl methyl sites for hydroxylation is 1. The molecule has 0 saturated carbocycles. The molecule has 0 aromatic heterocycles. The van der Waals surface area contributed by atoms with Gasteiger partial charge in [-0.3, -0.25) is 4.79 Å². The Labute approximate surface area is 123 Å². The van der Waals surface area contributed by atoms with E-state index in [4.69, 9.17) is 0 Å². The van der Waals surface area contributed by atoms with E-state index in [1.54, 1.807) is 6.92 Å². The Morgan fingerprint density at radius 3 is 2.45 bits per heavy atom. The first kappa shape index (κ1) is 16.5. The number of para-hydroxylation sites is 1. The molecule has 2 heteroatoms. The van der Waals surface area contributed by atoms with Gasteiger partial charge in [0.2, 0.25) is 0 Å². The van der Waals surface area contributed by atoms with E-state index in [1.807, 2.05) is 18.2 Å². The molecule has 0 atom stereocenters. The van der Waals surface area contributed by atoms with Crippen LogP contribution < -0.4 is 5.32 Å². The molecule has 0 aliphatic heterocycles. The highest BCUT2D eigenvalue weighted by Gasteiger charge is 2.06. The van der Waals surface area contributed by atoms with Crippen molar-refractivity contribution in [2.24, 2.45) is 0 Å². The van der Waals surface area contributed by atoms with Crippen molar-refractivity contribution in [3.63, 3.8) is 0 Å². The summed E-state index contributed by atoms with van der Waals surface area (Å²) in [6, 6.07) is 8.05. The maximum atomic E-state index is 11.7. The lowest BCUT2D eigenvalue weighted by molar-refractivity contribution is -0.112. The van der Waals surface area contributed by atoms with Crippen molar-refractivity contribution in [3.8, 4) is 0 Å². The van der Waals surface area contributed by atoms with E-state index in [2.05, 4.69) is 24.9 Å². The molecule has 110 valence electrons. The van der Waals surface area contributed by atoms with Crippen LogP contribution in [0.1, 0.15) is 57.9 Å². The van der Waals surface area contributed by atoms with Crippen LogP contribution in [0.3, 0.4) is 0 Å². The van der Waals surface area contributed by atoms with Crippen LogP contribution in [0.2, 0.25) is 0 Å². The Morgan fingerprint density at radius 1 is 1.10 bits per heavy atom. The van der Waals surface area contributed by atoms with E-state index < -0.39 is 0 Å². The Hall–Kier alpha value is -1.57. The fourth-order valence-electron chi connectivity index (χ4n) is 2.19. The molecule has 0 aliphatic carbocycles. The molecular formula is C18H27NO. The van der Waals surface area contributed by atoms with Gasteiger partial charge in [-0.25, -0.2) is 0 Å². The second kappa shape index (κ2) is 9.35. The molecule has 0 bridgehead atoms. The first-order chi connectivity index (χ1) is 9.65. The number of anilines is 1. The van der Waals surface area contributed by atoms with Crippen LogP contribution in [0.25, 0.3) is 0 Å². The van der Waals surface area contributed by atoms with Gasteiger partial charge in [-0.15, -0.1) is 0 Å². The summed E-state index contributed by atoms with van der Waals surface area (Å²) in [7, 11) is 0. The standard InChI is InChI=1S/C18H27NO/c1-4-5-6-7-8-9-12-16-13-10-11-14-17(16)19-18(20)15(2)3/h10-11,13-14H,2,4-9,12H2,1,3H3,(H,19,20).